The molecule has 0 aliphatic carbocycles. The number of benzene rings is 1. The molecule has 1 N–H and O–H groups in total. The SMILES string of the molecule is CN(C(=O)Oc1ccccc1)C1CNC1. The van der Waals surface area contributed by atoms with E-state index in [1.54, 1.807) is 24.1 Å². The van der Waals surface area contributed by atoms with Crippen molar-refractivity contribution in [2.24, 2.45) is 0 Å². The van der Waals surface area contributed by atoms with Gasteiger partial charge in [0.2, 0.25) is 0 Å². The minimum absolute atomic E-state index is 0.265. The number of likely N-dealkylation sites (N-methyl/N-ethyl adjacent to an activating group) is 1. The van der Waals surface area contributed by atoms with Crippen LogP contribution < -0.4 is 10.1 Å². The van der Waals surface area contributed by atoms with Gasteiger partial charge in [0.1, 0.15) is 5.75 Å². The van der Waals surface area contributed by atoms with Gasteiger partial charge in [-0.1, -0.05) is 18.2 Å². The topological polar surface area (TPSA) is 41.6 Å². The van der Waals surface area contributed by atoms with E-state index in [0.29, 0.717) is 5.75 Å². The Morgan fingerprint density at radius 3 is 2.60 bits per heavy atom. The van der Waals surface area contributed by atoms with Crippen LogP contribution in [0.4, 0.5) is 4.79 Å². The van der Waals surface area contributed by atoms with E-state index < -0.39 is 0 Å². The Morgan fingerprint density at radius 2 is 2.07 bits per heavy atom. The molecule has 0 bridgehead atoms. The van der Waals surface area contributed by atoms with E-state index >= 15 is 0 Å². The molecule has 1 aromatic rings. The van der Waals surface area contributed by atoms with Gasteiger partial charge in [0, 0.05) is 20.1 Å². The van der Waals surface area contributed by atoms with Gasteiger partial charge < -0.3 is 15.0 Å². The lowest BCUT2D eigenvalue weighted by atomic mass is 10.2. The molecule has 80 valence electrons. The van der Waals surface area contributed by atoms with Crippen molar-refractivity contribution in [3.8, 4) is 5.75 Å². The fraction of sp³-hybridized carbons (Fsp3) is 0.364. The van der Waals surface area contributed by atoms with Crippen LogP contribution in [0.1, 0.15) is 0 Å². The van der Waals surface area contributed by atoms with Crippen molar-refractivity contribution in [3.05, 3.63) is 30.3 Å². The highest BCUT2D eigenvalue weighted by atomic mass is 16.6. The third-order valence-electron chi connectivity index (χ3n) is 2.54. The van der Waals surface area contributed by atoms with Crippen molar-refractivity contribution >= 4 is 6.09 Å². The predicted octanol–water partition coefficient (Wildman–Crippen LogP) is 1.09. The highest BCUT2D eigenvalue weighted by Gasteiger charge is 2.26. The van der Waals surface area contributed by atoms with Crippen molar-refractivity contribution in [1.82, 2.24) is 10.2 Å². The Hall–Kier alpha value is -1.55. The maximum atomic E-state index is 11.6. The lowest BCUT2D eigenvalue weighted by Crippen LogP contribution is -2.57. The minimum atomic E-state index is -0.298. The van der Waals surface area contributed by atoms with Crippen molar-refractivity contribution in [1.29, 1.82) is 0 Å². The summed E-state index contributed by atoms with van der Waals surface area (Å²) in [6.45, 7) is 1.70. The molecule has 1 aliphatic heterocycles. The number of carbonyl (C=O) groups is 1. The van der Waals surface area contributed by atoms with E-state index in [1.165, 1.54) is 0 Å². The molecule has 0 radical (unpaired) electrons. The molecule has 1 aliphatic rings. The van der Waals surface area contributed by atoms with Crippen LogP contribution in [0.5, 0.6) is 5.75 Å². The van der Waals surface area contributed by atoms with E-state index in [4.69, 9.17) is 4.74 Å². The van der Waals surface area contributed by atoms with Gasteiger partial charge in [-0.15, -0.1) is 0 Å². The van der Waals surface area contributed by atoms with E-state index in [9.17, 15) is 4.79 Å². The van der Waals surface area contributed by atoms with E-state index in [1.807, 2.05) is 18.2 Å². The Balaban J connectivity index is 1.91. The van der Waals surface area contributed by atoms with Crippen LogP contribution in [0.3, 0.4) is 0 Å². The molecule has 0 aromatic heterocycles. The lowest BCUT2D eigenvalue weighted by molar-refractivity contribution is 0.128. The summed E-state index contributed by atoms with van der Waals surface area (Å²) in [5.41, 5.74) is 0. The summed E-state index contributed by atoms with van der Waals surface area (Å²) in [5, 5.41) is 3.11. The first-order valence-corrected chi connectivity index (χ1v) is 4.98. The maximum absolute atomic E-state index is 11.6. The molecule has 2 rings (SSSR count). The molecule has 15 heavy (non-hydrogen) atoms. The number of hydrogen-bond donors (Lipinski definition) is 1. The smallest absolute Gasteiger partial charge is 0.410 e. The van der Waals surface area contributed by atoms with Crippen molar-refractivity contribution in [2.45, 2.75) is 6.04 Å². The molecule has 4 nitrogen and oxygen atoms in total. The fourth-order valence-electron chi connectivity index (χ4n) is 1.36. The quantitative estimate of drug-likeness (QED) is 0.787. The van der Waals surface area contributed by atoms with E-state index in [2.05, 4.69) is 5.32 Å². The summed E-state index contributed by atoms with van der Waals surface area (Å²) in [6, 6.07) is 9.37. The van der Waals surface area contributed by atoms with E-state index in [0.717, 1.165) is 13.1 Å². The number of nitrogens with one attached hydrogen (secondary N) is 1. The van der Waals surface area contributed by atoms with Crippen molar-refractivity contribution < 1.29 is 9.53 Å². The van der Waals surface area contributed by atoms with E-state index in [-0.39, 0.29) is 12.1 Å². The minimum Gasteiger partial charge on any atom is -0.410 e. The van der Waals surface area contributed by atoms with Gasteiger partial charge in [0.15, 0.2) is 0 Å². The number of hydrogen-bond acceptors (Lipinski definition) is 3. The predicted molar refractivity (Wildman–Crippen MR) is 56.9 cm³/mol. The highest BCUT2D eigenvalue weighted by Crippen LogP contribution is 2.11. The van der Waals surface area contributed by atoms with Crippen LogP contribution >= 0.6 is 0 Å². The zero-order chi connectivity index (χ0) is 10.7. The zero-order valence-corrected chi connectivity index (χ0v) is 8.64. The number of nitrogens with zero attached hydrogens (tertiary/aromatic N) is 1. The summed E-state index contributed by atoms with van der Waals surface area (Å²) >= 11 is 0. The van der Waals surface area contributed by atoms with Gasteiger partial charge in [-0.2, -0.15) is 0 Å². The lowest BCUT2D eigenvalue weighted by Gasteiger charge is -2.34. The number of amides is 1. The standard InChI is InChI=1S/C11H14N2O2/c1-13(9-7-12-8-9)11(14)15-10-5-3-2-4-6-10/h2-6,9,12H,7-8H2,1H3. The second-order valence-electron chi connectivity index (χ2n) is 3.60. The first-order valence-electron chi connectivity index (χ1n) is 4.98. The van der Waals surface area contributed by atoms with Crippen LogP contribution in [0, 0.1) is 0 Å². The summed E-state index contributed by atoms with van der Waals surface area (Å²) in [6.07, 6.45) is -0.298. The van der Waals surface area contributed by atoms with Gasteiger partial charge in [0.25, 0.3) is 0 Å². The Bertz CT molecular complexity index is 336. The second-order valence-corrected chi connectivity index (χ2v) is 3.60. The summed E-state index contributed by atoms with van der Waals surface area (Å²) in [7, 11) is 1.76. The first kappa shape index (κ1) is 9.98. The number of carbonyl (C=O) groups excluding carboxylic acids is 1. The third-order valence-corrected chi connectivity index (χ3v) is 2.54. The van der Waals surface area contributed by atoms with Gasteiger partial charge in [-0.3, -0.25) is 0 Å². The van der Waals surface area contributed by atoms with Crippen LogP contribution in [0.2, 0.25) is 0 Å². The third kappa shape index (κ3) is 2.27. The molecule has 4 heteroatoms. The second kappa shape index (κ2) is 4.31. The molecular formula is C11H14N2O2. The molecule has 1 heterocycles. The first-order chi connectivity index (χ1) is 7.27. The summed E-state index contributed by atoms with van der Waals surface area (Å²) in [5.74, 6) is 0.585. The molecule has 1 saturated heterocycles. The van der Waals surface area contributed by atoms with Gasteiger partial charge in [-0.05, 0) is 12.1 Å². The summed E-state index contributed by atoms with van der Waals surface area (Å²) in [4.78, 5) is 13.3. The molecule has 1 aromatic carbocycles. The van der Waals surface area contributed by atoms with Gasteiger partial charge in [0.05, 0.1) is 6.04 Å². The molecule has 1 amide bonds. The van der Waals surface area contributed by atoms with Crippen molar-refractivity contribution in [2.75, 3.05) is 20.1 Å². The molecule has 0 unspecified atom stereocenters. The van der Waals surface area contributed by atoms with Gasteiger partial charge >= 0.3 is 6.09 Å². The molecule has 1 fully saturated rings. The molecule has 0 saturated carbocycles. The van der Waals surface area contributed by atoms with Crippen LogP contribution in [-0.2, 0) is 0 Å². The average Bonchev–Trinajstić information content (AvgIpc) is 2.16. The van der Waals surface area contributed by atoms with Crippen LogP contribution in [-0.4, -0.2) is 37.2 Å². The zero-order valence-electron chi connectivity index (χ0n) is 8.64. The normalized spacial score (nSPS) is 15.5. The largest absolute Gasteiger partial charge is 0.415 e. The highest BCUT2D eigenvalue weighted by molar-refractivity contribution is 5.70. The number of para-hydroxylation sites is 1. The van der Waals surface area contributed by atoms with Crippen LogP contribution in [0.15, 0.2) is 30.3 Å². The molecule has 0 atom stereocenters. The fourth-order valence-corrected chi connectivity index (χ4v) is 1.36. The Morgan fingerprint density at radius 1 is 1.40 bits per heavy atom. The maximum Gasteiger partial charge on any atom is 0.415 e. The number of rotatable bonds is 2. The number of ether oxygens (including phenoxy) is 1. The summed E-state index contributed by atoms with van der Waals surface area (Å²) < 4.78 is 5.19. The monoisotopic (exact) mass is 206 g/mol. The molecular weight excluding hydrogens is 192 g/mol. The van der Waals surface area contributed by atoms with Crippen molar-refractivity contribution in [3.63, 3.8) is 0 Å². The average molecular weight is 206 g/mol. The van der Waals surface area contributed by atoms with Gasteiger partial charge in [-0.25, -0.2) is 4.79 Å². The molecule has 0 spiro atoms. The Kier molecular flexibility index (Phi) is 2.87. The van der Waals surface area contributed by atoms with Crippen LogP contribution in [0.25, 0.3) is 0 Å². The Labute approximate surface area is 88.8 Å².